The van der Waals surface area contributed by atoms with Gasteiger partial charge in [-0.2, -0.15) is 0 Å². The standard InChI is InChI=1S/C34H45F3IN3O3.C3H4.2C2H6.CH2O/c1-25(2)40(4)32-16-11-26(8-6-10-30(36)31(37)23-35)22-28(32)9-7-19-41-20-17-34(43-5,18-21-41)24-39(3)29-14-12-27(13-15-29)33(42)44-38;1-3-2;3*1-2/h6,10-16,22,25H,7-9,17-21,23-24H2,1-5H3;1H,2H3;2*1-2H3;1H2/b10-6-,31-30-;;;;. The predicted molar refractivity (Wildman–Crippen MR) is 225 cm³/mol. The minimum Gasteiger partial charge on any atom is -0.391 e. The Labute approximate surface area is 332 Å². The van der Waals surface area contributed by atoms with Crippen LogP contribution in [0.25, 0.3) is 0 Å². The molecule has 1 fully saturated rings. The van der Waals surface area contributed by atoms with Crippen molar-refractivity contribution in [2.45, 2.75) is 92.2 Å². The number of nitrogens with zero attached hydrogens (tertiary/aromatic N) is 3. The van der Waals surface area contributed by atoms with Crippen LogP contribution in [0.3, 0.4) is 0 Å². The largest absolute Gasteiger partial charge is 0.391 e. The van der Waals surface area contributed by atoms with Gasteiger partial charge in [0.15, 0.2) is 34.7 Å². The molecule has 0 N–H and O–H groups in total. The number of rotatable bonds is 15. The summed E-state index contributed by atoms with van der Waals surface area (Å²) < 4.78 is 49.9. The Morgan fingerprint density at radius 1 is 1.08 bits per heavy atom. The number of methoxy groups -OCH3 is 1. The Balaban J connectivity index is 0. The molecule has 7 nitrogen and oxygen atoms in total. The second-order valence-corrected chi connectivity index (χ2v) is 12.5. The number of ether oxygens (including phenoxy) is 1. The molecule has 2 aromatic rings. The number of likely N-dealkylation sites (N-methyl/N-ethyl adjacent to an activating group) is 1. The fourth-order valence-electron chi connectivity index (χ4n) is 5.57. The highest BCUT2D eigenvalue weighted by molar-refractivity contribution is 14.1. The molecule has 0 aromatic heterocycles. The van der Waals surface area contributed by atoms with Gasteiger partial charge in [0.2, 0.25) is 0 Å². The molecule has 53 heavy (non-hydrogen) atoms. The summed E-state index contributed by atoms with van der Waals surface area (Å²) in [7, 11) is 5.92. The van der Waals surface area contributed by atoms with E-state index in [2.05, 4.69) is 60.1 Å². The molecule has 0 amide bonds. The summed E-state index contributed by atoms with van der Waals surface area (Å²) in [6, 6.07) is 14.0. The van der Waals surface area contributed by atoms with E-state index in [9.17, 15) is 18.0 Å². The molecule has 298 valence electrons. The third-order valence-corrected chi connectivity index (χ3v) is 8.95. The number of likely N-dealkylation sites (tertiary alicyclic amines) is 1. The number of allylic oxidation sites excluding steroid dienone is 4. The highest BCUT2D eigenvalue weighted by atomic mass is 127. The molecule has 0 atom stereocenters. The number of carbonyl (C=O) groups excluding carboxylic acids is 2. The first-order valence-electron chi connectivity index (χ1n) is 18.1. The molecule has 0 aliphatic carbocycles. The zero-order valence-electron chi connectivity index (χ0n) is 33.6. The van der Waals surface area contributed by atoms with E-state index in [1.165, 1.54) is 17.3 Å². The van der Waals surface area contributed by atoms with E-state index < -0.39 is 18.3 Å². The van der Waals surface area contributed by atoms with Gasteiger partial charge in [-0.15, -0.1) is 12.3 Å². The van der Waals surface area contributed by atoms with Crippen LogP contribution in [0.15, 0.2) is 66.3 Å². The van der Waals surface area contributed by atoms with Gasteiger partial charge < -0.3 is 27.3 Å². The lowest BCUT2D eigenvalue weighted by atomic mass is 9.90. The van der Waals surface area contributed by atoms with Crippen molar-refractivity contribution < 1.29 is 30.6 Å². The minimum atomic E-state index is -1.44. The topological polar surface area (TPSA) is 62.3 Å². The Bertz CT molecular complexity index is 1390. The van der Waals surface area contributed by atoms with Crippen molar-refractivity contribution in [1.29, 1.82) is 0 Å². The van der Waals surface area contributed by atoms with Gasteiger partial charge in [0.1, 0.15) is 13.5 Å². The van der Waals surface area contributed by atoms with Crippen LogP contribution in [0.2, 0.25) is 0 Å². The highest BCUT2D eigenvalue weighted by Crippen LogP contribution is 2.30. The zero-order chi connectivity index (χ0) is 41.0. The van der Waals surface area contributed by atoms with Gasteiger partial charge in [0.05, 0.1) is 11.2 Å². The number of halogens is 4. The van der Waals surface area contributed by atoms with Gasteiger partial charge in [-0.05, 0) is 107 Å². The van der Waals surface area contributed by atoms with Crippen LogP contribution >= 0.6 is 23.0 Å². The summed E-state index contributed by atoms with van der Waals surface area (Å²) >= 11 is 1.60. The maximum absolute atomic E-state index is 13.6. The van der Waals surface area contributed by atoms with Crippen molar-refractivity contribution in [2.75, 3.05) is 63.9 Å². The third-order valence-electron chi connectivity index (χ3n) is 8.55. The summed E-state index contributed by atoms with van der Waals surface area (Å²) in [5.41, 5.74) is 4.68. The Kier molecular flexibility index (Phi) is 29.3. The molecule has 0 unspecified atom stereocenters. The smallest absolute Gasteiger partial charge is 0.347 e. The van der Waals surface area contributed by atoms with Crippen molar-refractivity contribution >= 4 is 47.1 Å². The number of hydrogen-bond acceptors (Lipinski definition) is 7. The minimum absolute atomic E-state index is 0.248. The van der Waals surface area contributed by atoms with Crippen LogP contribution in [0.1, 0.15) is 89.2 Å². The normalized spacial score (nSPS) is 13.6. The summed E-state index contributed by atoms with van der Waals surface area (Å²) in [6.07, 6.45) is 11.3. The molecule has 3 rings (SSSR count). The summed E-state index contributed by atoms with van der Waals surface area (Å²) in [4.78, 5) is 26.7. The Morgan fingerprint density at radius 3 is 2.13 bits per heavy atom. The molecule has 0 spiro atoms. The monoisotopic (exact) mass is 857 g/mol. The molecular formula is C42H63F3IN3O4. The maximum Gasteiger partial charge on any atom is 0.347 e. The van der Waals surface area contributed by atoms with Crippen molar-refractivity contribution in [1.82, 2.24) is 4.90 Å². The lowest BCUT2D eigenvalue weighted by Gasteiger charge is -2.43. The lowest BCUT2D eigenvalue weighted by Crippen LogP contribution is -2.51. The maximum atomic E-state index is 13.6. The second-order valence-electron chi connectivity index (χ2n) is 12.0. The fraction of sp³-hybridized carbons (Fsp3) is 0.524. The van der Waals surface area contributed by atoms with E-state index in [1.54, 1.807) is 49.2 Å². The van der Waals surface area contributed by atoms with Crippen molar-refractivity contribution in [3.05, 3.63) is 83.0 Å². The van der Waals surface area contributed by atoms with Crippen molar-refractivity contribution in [3.8, 4) is 12.3 Å². The summed E-state index contributed by atoms with van der Waals surface area (Å²) in [5.74, 6) is -0.652. The van der Waals surface area contributed by atoms with Gasteiger partial charge in [-0.25, -0.2) is 18.0 Å². The fourth-order valence-corrected chi connectivity index (χ4v) is 5.82. The first-order chi connectivity index (χ1) is 25.4. The van der Waals surface area contributed by atoms with E-state index in [1.807, 2.05) is 59.7 Å². The third kappa shape index (κ3) is 18.5. The molecule has 0 bridgehead atoms. The first kappa shape index (κ1) is 51.8. The van der Waals surface area contributed by atoms with E-state index in [-0.39, 0.29) is 11.6 Å². The Hall–Kier alpha value is -3.34. The quantitative estimate of drug-likeness (QED) is 0.100. The van der Waals surface area contributed by atoms with Gasteiger partial charge in [0, 0.05) is 58.3 Å². The van der Waals surface area contributed by atoms with E-state index in [0.29, 0.717) is 18.0 Å². The van der Waals surface area contributed by atoms with Gasteiger partial charge in [-0.1, -0.05) is 45.9 Å². The summed E-state index contributed by atoms with van der Waals surface area (Å²) in [5, 5.41) is 0. The number of aryl methyl sites for hydroxylation is 1. The van der Waals surface area contributed by atoms with Gasteiger partial charge in [0.25, 0.3) is 0 Å². The van der Waals surface area contributed by atoms with Crippen LogP contribution < -0.4 is 9.80 Å². The number of benzene rings is 2. The molecule has 1 aliphatic heterocycles. The molecule has 11 heteroatoms. The van der Waals surface area contributed by atoms with Crippen LogP contribution in [0.4, 0.5) is 24.5 Å². The van der Waals surface area contributed by atoms with E-state index in [0.717, 1.165) is 69.2 Å². The van der Waals surface area contributed by atoms with Crippen LogP contribution in [0.5, 0.6) is 0 Å². The number of alkyl halides is 1. The van der Waals surface area contributed by atoms with Crippen molar-refractivity contribution in [2.24, 2.45) is 0 Å². The number of piperidine rings is 1. The van der Waals surface area contributed by atoms with Crippen LogP contribution in [-0.2, 0) is 25.4 Å². The molecular weight excluding hydrogens is 794 g/mol. The molecule has 0 radical (unpaired) electrons. The molecule has 1 saturated heterocycles. The lowest BCUT2D eigenvalue weighted by molar-refractivity contribution is -0.0980. The molecule has 0 saturated carbocycles. The molecule has 1 aliphatic rings. The number of carbonyl (C=O) groups is 2. The number of hydrogen-bond donors (Lipinski definition) is 0. The van der Waals surface area contributed by atoms with Crippen molar-refractivity contribution in [3.63, 3.8) is 0 Å². The van der Waals surface area contributed by atoms with E-state index in [4.69, 9.17) is 12.6 Å². The average molecular weight is 858 g/mol. The second kappa shape index (κ2) is 30.0. The number of terminal acetylenes is 1. The van der Waals surface area contributed by atoms with E-state index >= 15 is 0 Å². The first-order valence-corrected chi connectivity index (χ1v) is 19.0. The van der Waals surface area contributed by atoms with Crippen LogP contribution in [-0.4, -0.2) is 83.4 Å². The predicted octanol–water partition coefficient (Wildman–Crippen LogP) is 10.3. The van der Waals surface area contributed by atoms with Gasteiger partial charge >= 0.3 is 5.97 Å². The van der Waals surface area contributed by atoms with Crippen LogP contribution in [0, 0.1) is 12.3 Å². The SMILES string of the molecule is C#CC.C=O.CC.CC.COC1(CN(C)c2ccc(C(=O)OI)cc2)CCN(CCCc2cc(C/C=C\C(F)=C(\F)CF)ccc2N(C)C(C)C)CC1. The molecule has 1 heterocycles. The summed E-state index contributed by atoms with van der Waals surface area (Å²) in [6.45, 7) is 18.1. The van der Waals surface area contributed by atoms with Gasteiger partial charge in [-0.3, -0.25) is 0 Å². The average Bonchev–Trinajstić information content (AvgIpc) is 3.20. The molecule has 2 aromatic carbocycles. The highest BCUT2D eigenvalue weighted by Gasteiger charge is 2.35. The number of anilines is 2. The zero-order valence-corrected chi connectivity index (χ0v) is 35.8. The Morgan fingerprint density at radius 2 is 1.64 bits per heavy atom.